The van der Waals surface area contributed by atoms with Crippen LogP contribution >= 0.6 is 0 Å². The van der Waals surface area contributed by atoms with Gasteiger partial charge in [-0.25, -0.2) is 4.39 Å². The number of carbonyl (C=O) groups excluding carboxylic acids is 1. The standard InChI is InChI=1S/C16H21FN2O/c1-12-11-18(15-8-3-2-7-14(15)17)9-10-19(12)16(20)13-5-4-6-13/h2-3,7-8,12-13H,4-6,9-11H2,1H3/t12-/m1/s1. The van der Waals surface area contributed by atoms with Gasteiger partial charge in [0.25, 0.3) is 0 Å². The average molecular weight is 276 g/mol. The minimum absolute atomic E-state index is 0.149. The Bertz CT molecular complexity index is 501. The molecule has 1 aliphatic carbocycles. The molecule has 0 spiro atoms. The molecule has 4 heteroatoms. The summed E-state index contributed by atoms with van der Waals surface area (Å²) in [4.78, 5) is 16.4. The molecule has 1 aromatic rings. The normalized spacial score (nSPS) is 23.6. The molecule has 3 nitrogen and oxygen atoms in total. The molecule has 0 bridgehead atoms. The van der Waals surface area contributed by atoms with Crippen molar-refractivity contribution in [2.75, 3.05) is 24.5 Å². The number of hydrogen-bond donors (Lipinski definition) is 0. The van der Waals surface area contributed by atoms with E-state index in [1.165, 1.54) is 12.5 Å². The van der Waals surface area contributed by atoms with Crippen molar-refractivity contribution in [2.45, 2.75) is 32.2 Å². The zero-order chi connectivity index (χ0) is 14.1. The first-order chi connectivity index (χ1) is 9.66. The van der Waals surface area contributed by atoms with Gasteiger partial charge in [-0.2, -0.15) is 0 Å². The van der Waals surface area contributed by atoms with Gasteiger partial charge in [-0.15, -0.1) is 0 Å². The van der Waals surface area contributed by atoms with Crippen LogP contribution in [0.25, 0.3) is 0 Å². The maximum atomic E-state index is 13.8. The predicted molar refractivity (Wildman–Crippen MR) is 77.1 cm³/mol. The van der Waals surface area contributed by atoms with Gasteiger partial charge >= 0.3 is 0 Å². The number of hydrogen-bond acceptors (Lipinski definition) is 2. The topological polar surface area (TPSA) is 23.6 Å². The first-order valence-electron chi connectivity index (χ1n) is 7.47. The van der Waals surface area contributed by atoms with Gasteiger partial charge in [0.2, 0.25) is 5.91 Å². The van der Waals surface area contributed by atoms with E-state index in [9.17, 15) is 9.18 Å². The third-order valence-corrected chi connectivity index (χ3v) is 4.56. The number of para-hydroxylation sites is 1. The van der Waals surface area contributed by atoms with Crippen LogP contribution < -0.4 is 4.90 Å². The molecule has 20 heavy (non-hydrogen) atoms. The highest BCUT2D eigenvalue weighted by molar-refractivity contribution is 5.80. The highest BCUT2D eigenvalue weighted by Gasteiger charge is 2.34. The van der Waals surface area contributed by atoms with Gasteiger partial charge in [0.15, 0.2) is 0 Å². The van der Waals surface area contributed by atoms with Gasteiger partial charge in [-0.05, 0) is 31.9 Å². The molecule has 108 valence electrons. The number of anilines is 1. The van der Waals surface area contributed by atoms with Crippen LogP contribution in [0.3, 0.4) is 0 Å². The average Bonchev–Trinajstić information content (AvgIpc) is 2.37. The van der Waals surface area contributed by atoms with E-state index < -0.39 is 0 Å². The van der Waals surface area contributed by atoms with E-state index in [4.69, 9.17) is 0 Å². The van der Waals surface area contributed by atoms with Crippen LogP contribution in [0.1, 0.15) is 26.2 Å². The van der Waals surface area contributed by atoms with Crippen molar-refractivity contribution in [3.63, 3.8) is 0 Å². The molecular weight excluding hydrogens is 255 g/mol. The smallest absolute Gasteiger partial charge is 0.226 e. The molecule has 3 rings (SSSR count). The molecule has 0 N–H and O–H groups in total. The second-order valence-corrected chi connectivity index (χ2v) is 5.91. The van der Waals surface area contributed by atoms with Crippen LogP contribution in [0.4, 0.5) is 10.1 Å². The zero-order valence-electron chi connectivity index (χ0n) is 11.9. The lowest BCUT2D eigenvalue weighted by Gasteiger charge is -2.43. The Morgan fingerprint density at radius 2 is 2.00 bits per heavy atom. The summed E-state index contributed by atoms with van der Waals surface area (Å²) in [5, 5.41) is 0. The molecule has 2 fully saturated rings. The number of carbonyl (C=O) groups is 1. The fourth-order valence-corrected chi connectivity index (χ4v) is 3.10. The first kappa shape index (κ1) is 13.4. The van der Waals surface area contributed by atoms with Crippen LogP contribution in [0.15, 0.2) is 24.3 Å². The second kappa shape index (κ2) is 5.43. The van der Waals surface area contributed by atoms with Gasteiger partial charge < -0.3 is 9.80 Å². The van der Waals surface area contributed by atoms with E-state index in [1.807, 2.05) is 21.9 Å². The van der Waals surface area contributed by atoms with E-state index in [-0.39, 0.29) is 17.8 Å². The van der Waals surface area contributed by atoms with Gasteiger partial charge in [-0.3, -0.25) is 4.79 Å². The van der Waals surface area contributed by atoms with Crippen molar-refractivity contribution in [3.8, 4) is 0 Å². The summed E-state index contributed by atoms with van der Waals surface area (Å²) in [5.41, 5.74) is 0.648. The van der Waals surface area contributed by atoms with Crippen LogP contribution in [-0.2, 0) is 4.79 Å². The summed E-state index contributed by atoms with van der Waals surface area (Å²) < 4.78 is 13.8. The highest BCUT2D eigenvalue weighted by Crippen LogP contribution is 2.30. The second-order valence-electron chi connectivity index (χ2n) is 5.91. The fraction of sp³-hybridized carbons (Fsp3) is 0.562. The molecule has 0 unspecified atom stereocenters. The molecule has 1 heterocycles. The number of nitrogens with zero attached hydrogens (tertiary/aromatic N) is 2. The van der Waals surface area contributed by atoms with Gasteiger partial charge in [0, 0.05) is 31.6 Å². The fourth-order valence-electron chi connectivity index (χ4n) is 3.10. The largest absolute Gasteiger partial charge is 0.365 e. The minimum atomic E-state index is -0.182. The van der Waals surface area contributed by atoms with E-state index >= 15 is 0 Å². The third-order valence-electron chi connectivity index (χ3n) is 4.56. The molecule has 0 aromatic heterocycles. The maximum Gasteiger partial charge on any atom is 0.226 e. The number of benzene rings is 1. The minimum Gasteiger partial charge on any atom is -0.365 e. The lowest BCUT2D eigenvalue weighted by Crippen LogP contribution is -2.56. The predicted octanol–water partition coefficient (Wildman–Crippen LogP) is 2.66. The summed E-state index contributed by atoms with van der Waals surface area (Å²) >= 11 is 0. The van der Waals surface area contributed by atoms with Crippen molar-refractivity contribution < 1.29 is 9.18 Å². The van der Waals surface area contributed by atoms with Gasteiger partial charge in [-0.1, -0.05) is 18.6 Å². The quantitative estimate of drug-likeness (QED) is 0.829. The molecular formula is C16H21FN2O. The van der Waals surface area contributed by atoms with Crippen molar-refractivity contribution >= 4 is 11.6 Å². The van der Waals surface area contributed by atoms with Crippen molar-refractivity contribution in [1.82, 2.24) is 4.90 Å². The summed E-state index contributed by atoms with van der Waals surface area (Å²) in [6.45, 7) is 4.18. The molecule has 1 atom stereocenters. The maximum absolute atomic E-state index is 13.8. The summed E-state index contributed by atoms with van der Waals surface area (Å²) in [5.74, 6) is 0.368. The SMILES string of the molecule is C[C@@H]1CN(c2ccccc2F)CCN1C(=O)C1CCC1. The molecule has 1 saturated carbocycles. The Kier molecular flexibility index (Phi) is 3.64. The number of piperazine rings is 1. The molecule has 1 saturated heterocycles. The Morgan fingerprint density at radius 3 is 2.60 bits per heavy atom. The van der Waals surface area contributed by atoms with Crippen LogP contribution in [0.5, 0.6) is 0 Å². The molecule has 1 amide bonds. The van der Waals surface area contributed by atoms with E-state index in [0.29, 0.717) is 31.2 Å². The lowest BCUT2D eigenvalue weighted by molar-refractivity contribution is -0.140. The Balaban J connectivity index is 1.67. The van der Waals surface area contributed by atoms with Crippen LogP contribution in [0, 0.1) is 11.7 Å². The Morgan fingerprint density at radius 1 is 1.25 bits per heavy atom. The summed E-state index contributed by atoms with van der Waals surface area (Å²) in [7, 11) is 0. The number of halogens is 1. The third kappa shape index (κ3) is 2.39. The molecule has 0 radical (unpaired) electrons. The van der Waals surface area contributed by atoms with E-state index in [0.717, 1.165) is 12.8 Å². The van der Waals surface area contributed by atoms with E-state index in [2.05, 4.69) is 6.92 Å². The van der Waals surface area contributed by atoms with Crippen molar-refractivity contribution in [2.24, 2.45) is 5.92 Å². The Labute approximate surface area is 119 Å². The highest BCUT2D eigenvalue weighted by atomic mass is 19.1. The lowest BCUT2D eigenvalue weighted by atomic mass is 9.84. The molecule has 2 aliphatic rings. The van der Waals surface area contributed by atoms with Crippen molar-refractivity contribution in [3.05, 3.63) is 30.1 Å². The monoisotopic (exact) mass is 276 g/mol. The molecule has 1 aliphatic heterocycles. The first-order valence-corrected chi connectivity index (χ1v) is 7.47. The zero-order valence-corrected chi connectivity index (χ0v) is 11.9. The van der Waals surface area contributed by atoms with Crippen molar-refractivity contribution in [1.29, 1.82) is 0 Å². The van der Waals surface area contributed by atoms with Gasteiger partial charge in [0.05, 0.1) is 5.69 Å². The summed E-state index contributed by atoms with van der Waals surface area (Å²) in [6.07, 6.45) is 3.26. The van der Waals surface area contributed by atoms with E-state index in [1.54, 1.807) is 6.07 Å². The molecule has 1 aromatic carbocycles. The summed E-state index contributed by atoms with van der Waals surface area (Å²) in [6, 6.07) is 7.02. The van der Waals surface area contributed by atoms with Crippen LogP contribution in [-0.4, -0.2) is 36.5 Å². The van der Waals surface area contributed by atoms with Crippen LogP contribution in [0.2, 0.25) is 0 Å². The Hall–Kier alpha value is -1.58. The number of amides is 1. The van der Waals surface area contributed by atoms with Gasteiger partial charge in [0.1, 0.15) is 5.82 Å². The number of rotatable bonds is 2.